The molecule has 0 spiro atoms. The minimum Gasteiger partial charge on any atom is -0.497 e. The molecule has 0 aromatic heterocycles. The number of nitrogens with zero attached hydrogens (tertiary/aromatic N) is 1. The maximum atomic E-state index is 10.4. The molecule has 1 aromatic rings. The van der Waals surface area contributed by atoms with E-state index in [1.54, 1.807) is 19.2 Å². The molecular weight excluding hydrogens is 154 g/mol. The van der Waals surface area contributed by atoms with Crippen molar-refractivity contribution in [3.05, 3.63) is 28.2 Å². The van der Waals surface area contributed by atoms with Gasteiger partial charge in [-0.1, -0.05) is 0 Å². The van der Waals surface area contributed by atoms with Crippen molar-refractivity contribution in [3.8, 4) is 5.75 Å². The van der Waals surface area contributed by atoms with Crippen molar-refractivity contribution in [1.29, 1.82) is 0 Å². The first-order chi connectivity index (χ1) is 5.69. The van der Waals surface area contributed by atoms with Gasteiger partial charge in [-0.25, -0.2) is 0 Å². The molecule has 0 radical (unpaired) electrons. The van der Waals surface area contributed by atoms with Crippen molar-refractivity contribution < 1.29 is 4.74 Å². The summed E-state index contributed by atoms with van der Waals surface area (Å²) in [5.74, 6) is 0.761. The van der Waals surface area contributed by atoms with Crippen LogP contribution in [-0.2, 0) is 0 Å². The van der Waals surface area contributed by atoms with Gasteiger partial charge in [-0.2, -0.15) is 0 Å². The Labute approximate surface area is 71.3 Å². The van der Waals surface area contributed by atoms with E-state index < -0.39 is 0 Å². The van der Waals surface area contributed by atoms with Crippen LogP contribution in [0.3, 0.4) is 0 Å². The fourth-order valence-electron chi connectivity index (χ4n) is 1.18. The molecule has 0 heterocycles. The smallest absolute Gasteiger partial charge is 0.119 e. The molecule has 64 valence electrons. The molecule has 3 heteroatoms. The molecule has 0 N–H and O–H groups in total. The zero-order chi connectivity index (χ0) is 9.14. The number of rotatable bonds is 2. The maximum Gasteiger partial charge on any atom is 0.119 e. The van der Waals surface area contributed by atoms with Crippen LogP contribution < -0.4 is 4.74 Å². The van der Waals surface area contributed by atoms with Crippen molar-refractivity contribution in [2.24, 2.45) is 5.18 Å². The monoisotopic (exact) mass is 165 g/mol. The molecule has 0 aliphatic rings. The second-order valence-corrected chi connectivity index (χ2v) is 2.70. The van der Waals surface area contributed by atoms with Gasteiger partial charge in [0.2, 0.25) is 0 Å². The van der Waals surface area contributed by atoms with E-state index in [0.717, 1.165) is 16.9 Å². The minimum atomic E-state index is 0.510. The van der Waals surface area contributed by atoms with E-state index >= 15 is 0 Å². The predicted molar refractivity (Wildman–Crippen MR) is 47.9 cm³/mol. The summed E-state index contributed by atoms with van der Waals surface area (Å²) in [6.45, 7) is 3.68. The second-order valence-electron chi connectivity index (χ2n) is 2.70. The number of aryl methyl sites for hydroxylation is 2. The van der Waals surface area contributed by atoms with Crippen molar-refractivity contribution in [2.75, 3.05) is 7.11 Å². The van der Waals surface area contributed by atoms with Gasteiger partial charge in [0.1, 0.15) is 11.4 Å². The van der Waals surface area contributed by atoms with Crippen LogP contribution in [0.4, 0.5) is 5.69 Å². The van der Waals surface area contributed by atoms with Crippen molar-refractivity contribution in [2.45, 2.75) is 13.8 Å². The molecule has 0 saturated heterocycles. The van der Waals surface area contributed by atoms with Gasteiger partial charge in [0, 0.05) is 0 Å². The first-order valence-corrected chi connectivity index (χ1v) is 3.67. The highest BCUT2D eigenvalue weighted by Gasteiger charge is 2.04. The topological polar surface area (TPSA) is 38.7 Å². The first kappa shape index (κ1) is 8.71. The van der Waals surface area contributed by atoms with Gasteiger partial charge in [0.15, 0.2) is 0 Å². The molecule has 0 aliphatic heterocycles. The van der Waals surface area contributed by atoms with Gasteiger partial charge in [-0.05, 0) is 42.3 Å². The summed E-state index contributed by atoms with van der Waals surface area (Å²) < 4.78 is 5.03. The van der Waals surface area contributed by atoms with Gasteiger partial charge in [0.05, 0.1) is 7.11 Å². The van der Waals surface area contributed by atoms with E-state index in [9.17, 15) is 4.91 Å². The fourth-order valence-corrected chi connectivity index (χ4v) is 1.18. The number of methoxy groups -OCH3 is 1. The van der Waals surface area contributed by atoms with Gasteiger partial charge < -0.3 is 4.74 Å². The number of hydrogen-bond acceptors (Lipinski definition) is 3. The average molecular weight is 165 g/mol. The third kappa shape index (κ3) is 1.44. The van der Waals surface area contributed by atoms with E-state index in [-0.39, 0.29) is 0 Å². The third-order valence-corrected chi connectivity index (χ3v) is 1.79. The Kier molecular flexibility index (Phi) is 2.43. The predicted octanol–water partition coefficient (Wildman–Crippen LogP) is 2.71. The Morgan fingerprint density at radius 3 is 2.08 bits per heavy atom. The van der Waals surface area contributed by atoms with Crippen LogP contribution in [0.5, 0.6) is 5.75 Å². The lowest BCUT2D eigenvalue weighted by Gasteiger charge is -2.05. The van der Waals surface area contributed by atoms with Crippen LogP contribution in [0.25, 0.3) is 0 Å². The summed E-state index contributed by atoms with van der Waals surface area (Å²) in [5.41, 5.74) is 2.21. The summed E-state index contributed by atoms with van der Waals surface area (Å²) in [4.78, 5) is 10.4. The van der Waals surface area contributed by atoms with Crippen LogP contribution in [0.2, 0.25) is 0 Å². The maximum absolute atomic E-state index is 10.4. The number of ether oxygens (including phenoxy) is 1. The van der Waals surface area contributed by atoms with Crippen LogP contribution in [0, 0.1) is 18.8 Å². The average Bonchev–Trinajstić information content (AvgIpc) is 2.03. The Balaban J connectivity index is 3.27. The van der Waals surface area contributed by atoms with Crippen LogP contribution in [0.1, 0.15) is 11.1 Å². The van der Waals surface area contributed by atoms with Gasteiger partial charge in [-0.15, -0.1) is 4.91 Å². The molecule has 1 rings (SSSR count). The van der Waals surface area contributed by atoms with Gasteiger partial charge >= 0.3 is 0 Å². The van der Waals surface area contributed by atoms with Crippen LogP contribution in [0.15, 0.2) is 17.3 Å². The molecule has 0 amide bonds. The van der Waals surface area contributed by atoms with Crippen molar-refractivity contribution in [1.82, 2.24) is 0 Å². The highest BCUT2D eigenvalue weighted by molar-refractivity contribution is 5.55. The van der Waals surface area contributed by atoms with Gasteiger partial charge in [-0.3, -0.25) is 0 Å². The largest absolute Gasteiger partial charge is 0.497 e. The fraction of sp³-hybridized carbons (Fsp3) is 0.333. The standard InChI is InChI=1S/C9H11NO2/c1-6-4-8(12-3)5-7(2)9(6)10-11/h4-5H,1-3H3. The lowest BCUT2D eigenvalue weighted by molar-refractivity contribution is 0.414. The van der Waals surface area contributed by atoms with E-state index in [4.69, 9.17) is 4.74 Å². The lowest BCUT2D eigenvalue weighted by atomic mass is 10.1. The SMILES string of the molecule is COc1cc(C)c(N=O)c(C)c1. The highest BCUT2D eigenvalue weighted by atomic mass is 16.5. The highest BCUT2D eigenvalue weighted by Crippen LogP contribution is 2.27. The molecule has 0 unspecified atom stereocenters. The third-order valence-electron chi connectivity index (χ3n) is 1.79. The Morgan fingerprint density at radius 1 is 1.25 bits per heavy atom. The summed E-state index contributed by atoms with van der Waals surface area (Å²) in [5, 5.41) is 2.94. The zero-order valence-corrected chi connectivity index (χ0v) is 7.42. The van der Waals surface area contributed by atoms with Crippen molar-refractivity contribution in [3.63, 3.8) is 0 Å². The van der Waals surface area contributed by atoms with Crippen LogP contribution in [-0.4, -0.2) is 7.11 Å². The molecule has 0 saturated carbocycles. The summed E-state index contributed by atoms with van der Waals surface area (Å²) in [6, 6.07) is 3.59. The molecule has 0 atom stereocenters. The lowest BCUT2D eigenvalue weighted by Crippen LogP contribution is -1.86. The number of benzene rings is 1. The summed E-state index contributed by atoms with van der Waals surface area (Å²) in [6.07, 6.45) is 0. The molecule has 1 aromatic carbocycles. The van der Waals surface area contributed by atoms with E-state index in [1.165, 1.54) is 0 Å². The molecule has 3 nitrogen and oxygen atoms in total. The Bertz CT molecular complexity index is 284. The van der Waals surface area contributed by atoms with Crippen molar-refractivity contribution >= 4 is 5.69 Å². The molecule has 0 bridgehead atoms. The van der Waals surface area contributed by atoms with Crippen LogP contribution >= 0.6 is 0 Å². The second kappa shape index (κ2) is 3.34. The summed E-state index contributed by atoms with van der Waals surface area (Å²) in [7, 11) is 1.60. The first-order valence-electron chi connectivity index (χ1n) is 3.67. The number of hydrogen-bond donors (Lipinski definition) is 0. The van der Waals surface area contributed by atoms with E-state index in [0.29, 0.717) is 5.69 Å². The Morgan fingerprint density at radius 2 is 1.75 bits per heavy atom. The summed E-state index contributed by atoms with van der Waals surface area (Å²) >= 11 is 0. The molecule has 0 aliphatic carbocycles. The quantitative estimate of drug-likeness (QED) is 0.632. The minimum absolute atomic E-state index is 0.510. The number of nitroso groups, excluding NO2 is 1. The van der Waals surface area contributed by atoms with E-state index in [2.05, 4.69) is 5.18 Å². The Hall–Kier alpha value is -1.38. The molecule has 12 heavy (non-hydrogen) atoms. The zero-order valence-electron chi connectivity index (χ0n) is 7.42. The van der Waals surface area contributed by atoms with Gasteiger partial charge in [0.25, 0.3) is 0 Å². The normalized spacial score (nSPS) is 9.58. The molecule has 0 fully saturated rings. The molecular formula is C9H11NO2. The van der Waals surface area contributed by atoms with E-state index in [1.807, 2.05) is 13.8 Å².